The van der Waals surface area contributed by atoms with Crippen LogP contribution in [0.25, 0.3) is 0 Å². The van der Waals surface area contributed by atoms with Crippen molar-refractivity contribution in [2.24, 2.45) is 4.99 Å². The van der Waals surface area contributed by atoms with Crippen LogP contribution in [0.5, 0.6) is 0 Å². The van der Waals surface area contributed by atoms with Crippen LogP contribution in [0.15, 0.2) is 53.7 Å². The standard InChI is InChI=1S/C23H30FN5.HI/c1-2-25-22(27-17-23(11-12-23)18-6-5-7-19(24)16-18)28-20-9-14-29(15-10-20)21-8-3-4-13-26-21;/h3-8,13,16,20H,2,9-12,14-15,17H2,1H3,(H2,25,27,28);1H. The van der Waals surface area contributed by atoms with Crippen molar-refractivity contribution in [1.82, 2.24) is 15.6 Å². The van der Waals surface area contributed by atoms with Crippen molar-refractivity contribution in [3.63, 3.8) is 0 Å². The minimum Gasteiger partial charge on any atom is -0.357 e. The van der Waals surface area contributed by atoms with E-state index >= 15 is 0 Å². The average Bonchev–Trinajstić information content (AvgIpc) is 3.55. The van der Waals surface area contributed by atoms with Crippen LogP contribution in [0, 0.1) is 5.82 Å². The van der Waals surface area contributed by atoms with Gasteiger partial charge in [0.05, 0.1) is 6.54 Å². The van der Waals surface area contributed by atoms with Gasteiger partial charge >= 0.3 is 0 Å². The molecule has 30 heavy (non-hydrogen) atoms. The lowest BCUT2D eigenvalue weighted by Crippen LogP contribution is -2.49. The zero-order valence-electron chi connectivity index (χ0n) is 17.5. The molecule has 0 unspecified atom stereocenters. The smallest absolute Gasteiger partial charge is 0.191 e. The molecule has 5 nitrogen and oxygen atoms in total. The number of pyridine rings is 1. The van der Waals surface area contributed by atoms with Crippen LogP contribution in [0.3, 0.4) is 0 Å². The summed E-state index contributed by atoms with van der Waals surface area (Å²) in [6.07, 6.45) is 6.09. The zero-order valence-corrected chi connectivity index (χ0v) is 19.8. The molecule has 1 aromatic carbocycles. The quantitative estimate of drug-likeness (QED) is 0.340. The summed E-state index contributed by atoms with van der Waals surface area (Å²) < 4.78 is 13.6. The summed E-state index contributed by atoms with van der Waals surface area (Å²) in [5.41, 5.74) is 1.08. The molecule has 162 valence electrons. The van der Waals surface area contributed by atoms with Gasteiger partial charge in [-0.15, -0.1) is 24.0 Å². The average molecular weight is 523 g/mol. The fourth-order valence-electron chi connectivity index (χ4n) is 4.04. The van der Waals surface area contributed by atoms with Crippen LogP contribution < -0.4 is 15.5 Å². The van der Waals surface area contributed by atoms with Gasteiger partial charge in [-0.3, -0.25) is 4.99 Å². The monoisotopic (exact) mass is 523 g/mol. The molecular formula is C23H31FIN5. The Morgan fingerprint density at radius 2 is 2.00 bits per heavy atom. The van der Waals surface area contributed by atoms with Crippen LogP contribution in [0.2, 0.25) is 0 Å². The number of guanidine groups is 1. The molecule has 1 aliphatic heterocycles. The summed E-state index contributed by atoms with van der Waals surface area (Å²) in [5, 5.41) is 6.98. The first-order chi connectivity index (χ1) is 14.2. The van der Waals surface area contributed by atoms with E-state index in [9.17, 15) is 4.39 Å². The van der Waals surface area contributed by atoms with Gasteiger partial charge in [0, 0.05) is 37.3 Å². The fraction of sp³-hybridized carbons (Fsp3) is 0.478. The number of halogens is 2. The van der Waals surface area contributed by atoms with Crippen molar-refractivity contribution >= 4 is 35.8 Å². The maximum atomic E-state index is 13.6. The molecule has 1 saturated carbocycles. The van der Waals surface area contributed by atoms with Gasteiger partial charge in [0.15, 0.2) is 5.96 Å². The first-order valence-corrected chi connectivity index (χ1v) is 10.7. The van der Waals surface area contributed by atoms with E-state index in [1.165, 1.54) is 6.07 Å². The molecule has 7 heteroatoms. The topological polar surface area (TPSA) is 52.6 Å². The lowest BCUT2D eigenvalue weighted by molar-refractivity contribution is 0.459. The van der Waals surface area contributed by atoms with Crippen molar-refractivity contribution in [1.29, 1.82) is 0 Å². The summed E-state index contributed by atoms with van der Waals surface area (Å²) >= 11 is 0. The highest BCUT2D eigenvalue weighted by Crippen LogP contribution is 2.48. The first kappa shape index (κ1) is 22.8. The van der Waals surface area contributed by atoms with Crippen LogP contribution in [0.1, 0.15) is 38.2 Å². The molecule has 0 spiro atoms. The Hall–Kier alpha value is -1.90. The van der Waals surface area contributed by atoms with Crippen LogP contribution in [-0.4, -0.2) is 43.2 Å². The second kappa shape index (κ2) is 10.4. The number of aromatic nitrogens is 1. The molecule has 2 aromatic rings. The van der Waals surface area contributed by atoms with Crippen molar-refractivity contribution in [2.75, 3.05) is 31.1 Å². The van der Waals surface area contributed by atoms with Crippen molar-refractivity contribution in [3.8, 4) is 0 Å². The number of nitrogens with one attached hydrogen (secondary N) is 2. The van der Waals surface area contributed by atoms with Crippen LogP contribution >= 0.6 is 24.0 Å². The maximum Gasteiger partial charge on any atom is 0.191 e. The highest BCUT2D eigenvalue weighted by atomic mass is 127. The fourth-order valence-corrected chi connectivity index (χ4v) is 4.04. The Morgan fingerprint density at radius 3 is 2.63 bits per heavy atom. The number of piperidine rings is 1. The molecule has 1 saturated heterocycles. The van der Waals surface area contributed by atoms with Crippen molar-refractivity contribution in [2.45, 2.75) is 44.1 Å². The number of aliphatic imine (C=N–C) groups is 1. The normalized spacial score (nSPS) is 18.5. The van der Waals surface area contributed by atoms with Gasteiger partial charge in [0.2, 0.25) is 0 Å². The zero-order chi connectivity index (χ0) is 20.1. The Labute approximate surface area is 195 Å². The van der Waals surface area contributed by atoms with Crippen molar-refractivity contribution < 1.29 is 4.39 Å². The van der Waals surface area contributed by atoms with E-state index < -0.39 is 0 Å². The second-order valence-electron chi connectivity index (χ2n) is 8.08. The molecule has 0 atom stereocenters. The molecular weight excluding hydrogens is 492 g/mol. The number of rotatable bonds is 6. The van der Waals surface area contributed by atoms with Gasteiger partial charge in [-0.25, -0.2) is 9.37 Å². The highest BCUT2D eigenvalue weighted by Gasteiger charge is 2.44. The Morgan fingerprint density at radius 1 is 1.20 bits per heavy atom. The third-order valence-corrected chi connectivity index (χ3v) is 5.98. The maximum absolute atomic E-state index is 13.6. The summed E-state index contributed by atoms with van der Waals surface area (Å²) in [5.74, 6) is 1.76. The summed E-state index contributed by atoms with van der Waals surface area (Å²) in [7, 11) is 0. The summed E-state index contributed by atoms with van der Waals surface area (Å²) in [6, 6.07) is 13.5. The number of hydrogen-bond donors (Lipinski definition) is 2. The van der Waals surface area contributed by atoms with Gasteiger partial charge < -0.3 is 15.5 Å². The van der Waals surface area contributed by atoms with E-state index in [4.69, 9.17) is 4.99 Å². The second-order valence-corrected chi connectivity index (χ2v) is 8.08. The van der Waals surface area contributed by atoms with Crippen molar-refractivity contribution in [3.05, 3.63) is 60.0 Å². The largest absolute Gasteiger partial charge is 0.357 e. The molecule has 2 heterocycles. The van der Waals surface area contributed by atoms with Gasteiger partial charge in [-0.2, -0.15) is 0 Å². The van der Waals surface area contributed by atoms with E-state index in [-0.39, 0.29) is 35.2 Å². The summed E-state index contributed by atoms with van der Waals surface area (Å²) in [6.45, 7) is 5.58. The Balaban J connectivity index is 0.00000256. The summed E-state index contributed by atoms with van der Waals surface area (Å²) in [4.78, 5) is 11.7. The third-order valence-electron chi connectivity index (χ3n) is 5.98. The van der Waals surface area contributed by atoms with E-state index in [2.05, 4.69) is 33.5 Å². The number of anilines is 1. The van der Waals surface area contributed by atoms with Crippen LogP contribution in [-0.2, 0) is 5.41 Å². The molecule has 1 aromatic heterocycles. The predicted molar refractivity (Wildman–Crippen MR) is 131 cm³/mol. The molecule has 2 aliphatic rings. The highest BCUT2D eigenvalue weighted by molar-refractivity contribution is 14.0. The van der Waals surface area contributed by atoms with E-state index in [1.54, 1.807) is 12.1 Å². The molecule has 2 fully saturated rings. The third kappa shape index (κ3) is 5.62. The predicted octanol–water partition coefficient (Wildman–Crippen LogP) is 4.09. The Kier molecular flexibility index (Phi) is 7.91. The first-order valence-electron chi connectivity index (χ1n) is 10.7. The number of nitrogens with zero attached hydrogens (tertiary/aromatic N) is 3. The lowest BCUT2D eigenvalue weighted by Gasteiger charge is -2.33. The van der Waals surface area contributed by atoms with Gasteiger partial charge in [0.25, 0.3) is 0 Å². The van der Waals surface area contributed by atoms with Crippen LogP contribution in [0.4, 0.5) is 10.2 Å². The Bertz CT molecular complexity index is 832. The van der Waals surface area contributed by atoms with E-state index in [0.29, 0.717) is 12.6 Å². The minimum atomic E-state index is -0.164. The molecule has 4 rings (SSSR count). The van der Waals surface area contributed by atoms with Gasteiger partial charge in [-0.1, -0.05) is 18.2 Å². The minimum absolute atomic E-state index is 0. The molecule has 2 N–H and O–H groups in total. The molecule has 0 amide bonds. The molecule has 1 aliphatic carbocycles. The van der Waals surface area contributed by atoms with Gasteiger partial charge in [-0.05, 0) is 62.4 Å². The molecule has 0 radical (unpaired) electrons. The number of hydrogen-bond acceptors (Lipinski definition) is 3. The van der Waals surface area contributed by atoms with E-state index in [0.717, 1.165) is 62.7 Å². The molecule has 0 bridgehead atoms. The van der Waals surface area contributed by atoms with Gasteiger partial charge in [0.1, 0.15) is 11.6 Å². The lowest BCUT2D eigenvalue weighted by atomic mass is 9.96. The SMILES string of the molecule is CCNC(=NCC1(c2cccc(F)c2)CC1)NC1CCN(c2ccccn2)CC1.I. The van der Waals surface area contributed by atoms with E-state index in [1.807, 2.05) is 24.4 Å². The number of benzene rings is 1.